The van der Waals surface area contributed by atoms with Gasteiger partial charge in [0, 0.05) is 0 Å². The topological polar surface area (TPSA) is 49.7 Å². The Morgan fingerprint density at radius 2 is 1.29 bits per heavy atom. The molecule has 1 aliphatic rings. The van der Waals surface area contributed by atoms with Crippen LogP contribution in [0, 0.1) is 0 Å². The molecule has 0 aromatic rings. The minimum absolute atomic E-state index is 0.0588. The van der Waals surface area contributed by atoms with E-state index in [9.17, 15) is 0 Å². The van der Waals surface area contributed by atoms with E-state index in [0.717, 1.165) is 11.1 Å². The van der Waals surface area contributed by atoms with Crippen LogP contribution >= 0.6 is 0 Å². The highest BCUT2D eigenvalue weighted by molar-refractivity contribution is 5.56. The van der Waals surface area contributed by atoms with Crippen LogP contribution in [0.2, 0.25) is 0 Å². The van der Waals surface area contributed by atoms with Gasteiger partial charge in [-0.25, -0.2) is 0 Å². The first kappa shape index (κ1) is 13.1. The van der Waals surface area contributed by atoms with Crippen LogP contribution in [0.5, 0.6) is 0 Å². The molecule has 0 bridgehead atoms. The van der Waals surface area contributed by atoms with Crippen LogP contribution < -0.4 is 0 Å². The largest absolute Gasteiger partial charge is 0.509 e. The third-order valence-corrected chi connectivity index (χ3v) is 2.34. The molecule has 1 fully saturated rings. The van der Waals surface area contributed by atoms with E-state index in [-0.39, 0.29) is 11.5 Å². The van der Waals surface area contributed by atoms with Crippen LogP contribution in [-0.2, 0) is 4.74 Å². The number of hydrogen-bond acceptors (Lipinski definition) is 3. The lowest BCUT2D eigenvalue weighted by Crippen LogP contribution is -1.97. The second kappa shape index (κ2) is 5.37. The van der Waals surface area contributed by atoms with Gasteiger partial charge in [-0.15, -0.1) is 0 Å². The maximum Gasteiger partial charge on any atom is 0.108 e. The summed E-state index contributed by atoms with van der Waals surface area (Å²) in [6, 6.07) is 0. The molecule has 0 unspecified atom stereocenters. The second-order valence-electron chi connectivity index (χ2n) is 3.77. The van der Waals surface area contributed by atoms with Crippen molar-refractivity contribution in [2.45, 2.75) is 0 Å². The fourth-order valence-electron chi connectivity index (χ4n) is 1.49. The molecule has 3 nitrogen and oxygen atoms in total. The number of rotatable bonds is 2. The minimum Gasteiger partial charge on any atom is -0.509 e. The fraction of sp³-hybridized carbons (Fsp3) is 0.143. The van der Waals surface area contributed by atoms with Gasteiger partial charge < -0.3 is 14.9 Å². The van der Waals surface area contributed by atoms with Crippen molar-refractivity contribution in [1.29, 1.82) is 0 Å². The van der Waals surface area contributed by atoms with Gasteiger partial charge in [0.05, 0.1) is 13.2 Å². The first-order chi connectivity index (χ1) is 7.91. The van der Waals surface area contributed by atoms with Crippen LogP contribution in [0.15, 0.2) is 72.3 Å². The molecular formula is C14H16O3. The molecule has 0 aliphatic carbocycles. The third kappa shape index (κ3) is 3.50. The number of ether oxygens (including phenoxy) is 1. The summed E-state index contributed by atoms with van der Waals surface area (Å²) in [5, 5.41) is 18.3. The number of aliphatic hydroxyl groups is 2. The monoisotopic (exact) mass is 232 g/mol. The van der Waals surface area contributed by atoms with E-state index in [2.05, 4.69) is 26.3 Å². The summed E-state index contributed by atoms with van der Waals surface area (Å²) in [6.45, 7) is 15.2. The first-order valence-corrected chi connectivity index (χ1v) is 5.05. The van der Waals surface area contributed by atoms with Gasteiger partial charge in [0.25, 0.3) is 0 Å². The number of aliphatic hydroxyl groups excluding tert-OH is 2. The molecule has 0 amide bonds. The Bertz CT molecular complexity index is 408. The molecule has 2 N–H and O–H groups in total. The van der Waals surface area contributed by atoms with Crippen molar-refractivity contribution >= 4 is 0 Å². The molecule has 1 saturated heterocycles. The molecule has 0 aromatic heterocycles. The van der Waals surface area contributed by atoms with Gasteiger partial charge in [0.15, 0.2) is 0 Å². The van der Waals surface area contributed by atoms with Gasteiger partial charge >= 0.3 is 0 Å². The Morgan fingerprint density at radius 3 is 1.59 bits per heavy atom. The molecule has 1 heterocycles. The van der Waals surface area contributed by atoms with E-state index in [1.165, 1.54) is 12.2 Å². The van der Waals surface area contributed by atoms with Crippen LogP contribution in [0.3, 0.4) is 0 Å². The Balaban J connectivity index is 3.07. The molecule has 0 aromatic carbocycles. The molecule has 0 atom stereocenters. The van der Waals surface area contributed by atoms with Crippen molar-refractivity contribution in [3.8, 4) is 0 Å². The predicted octanol–water partition coefficient (Wildman–Crippen LogP) is 3.13. The lowest BCUT2D eigenvalue weighted by Gasteiger charge is -2.08. The van der Waals surface area contributed by atoms with Crippen LogP contribution in [0.25, 0.3) is 0 Å². The van der Waals surface area contributed by atoms with Crippen LogP contribution in [-0.4, -0.2) is 23.4 Å². The average Bonchev–Trinajstić information content (AvgIpc) is 2.32. The zero-order valence-electron chi connectivity index (χ0n) is 9.70. The van der Waals surface area contributed by atoms with Gasteiger partial charge in [0.1, 0.15) is 11.5 Å². The minimum atomic E-state index is -0.0588. The molecule has 0 spiro atoms. The average molecular weight is 232 g/mol. The molecule has 0 radical (unpaired) electrons. The summed E-state index contributed by atoms with van der Waals surface area (Å²) in [5.41, 5.74) is 2.75. The van der Waals surface area contributed by atoms with E-state index < -0.39 is 0 Å². The lowest BCUT2D eigenvalue weighted by molar-refractivity contribution is 0.186. The SMILES string of the molecule is C=C(O)/C=C1/COC/C(=C/C(=C)O)C(=C)C1=C. The van der Waals surface area contributed by atoms with Crippen molar-refractivity contribution in [1.82, 2.24) is 0 Å². The highest BCUT2D eigenvalue weighted by Crippen LogP contribution is 2.28. The summed E-state index contributed by atoms with van der Waals surface area (Å²) in [6.07, 6.45) is 2.98. The molecular weight excluding hydrogens is 216 g/mol. The van der Waals surface area contributed by atoms with Crippen molar-refractivity contribution in [3.63, 3.8) is 0 Å². The smallest absolute Gasteiger partial charge is 0.108 e. The van der Waals surface area contributed by atoms with Gasteiger partial charge in [-0.3, -0.25) is 0 Å². The second-order valence-corrected chi connectivity index (χ2v) is 3.77. The normalized spacial score (nSPS) is 21.6. The standard InChI is InChI=1S/C14H16O3/c1-9(15)5-13-7-17-8-14(6-10(2)16)12(4)11(13)3/h5-6,15-16H,1-4,7-8H2/b13-5-,14-6-. The van der Waals surface area contributed by atoms with E-state index in [1.807, 2.05) is 0 Å². The fourth-order valence-corrected chi connectivity index (χ4v) is 1.49. The Morgan fingerprint density at radius 1 is 0.941 bits per heavy atom. The van der Waals surface area contributed by atoms with Crippen molar-refractivity contribution in [2.75, 3.05) is 13.2 Å². The maximum atomic E-state index is 9.15. The van der Waals surface area contributed by atoms with Gasteiger partial charge in [-0.1, -0.05) is 26.3 Å². The quantitative estimate of drug-likeness (QED) is 0.719. The van der Waals surface area contributed by atoms with E-state index in [1.54, 1.807) is 0 Å². The van der Waals surface area contributed by atoms with E-state index in [0.29, 0.717) is 24.4 Å². The first-order valence-electron chi connectivity index (χ1n) is 5.05. The van der Waals surface area contributed by atoms with Gasteiger partial charge in [0.2, 0.25) is 0 Å². The predicted molar refractivity (Wildman–Crippen MR) is 68.8 cm³/mol. The zero-order valence-corrected chi connectivity index (χ0v) is 9.70. The molecule has 17 heavy (non-hydrogen) atoms. The molecule has 0 saturated carbocycles. The van der Waals surface area contributed by atoms with Crippen LogP contribution in [0.1, 0.15) is 0 Å². The number of hydrogen-bond donors (Lipinski definition) is 2. The number of allylic oxidation sites excluding steroid dienone is 2. The Kier molecular flexibility index (Phi) is 4.12. The van der Waals surface area contributed by atoms with Crippen molar-refractivity contribution < 1.29 is 14.9 Å². The zero-order chi connectivity index (χ0) is 13.0. The summed E-state index contributed by atoms with van der Waals surface area (Å²) in [7, 11) is 0. The Hall–Kier alpha value is -2.00. The highest BCUT2D eigenvalue weighted by atomic mass is 16.5. The molecule has 1 rings (SSSR count). The maximum absolute atomic E-state index is 9.15. The third-order valence-electron chi connectivity index (χ3n) is 2.34. The summed E-state index contributed by atoms with van der Waals surface area (Å²) >= 11 is 0. The van der Waals surface area contributed by atoms with E-state index in [4.69, 9.17) is 14.9 Å². The molecule has 1 aliphatic heterocycles. The van der Waals surface area contributed by atoms with Crippen molar-refractivity contribution in [3.05, 3.63) is 72.3 Å². The van der Waals surface area contributed by atoms with E-state index >= 15 is 0 Å². The van der Waals surface area contributed by atoms with Crippen molar-refractivity contribution in [2.24, 2.45) is 0 Å². The summed E-state index contributed by atoms with van der Waals surface area (Å²) < 4.78 is 5.40. The molecule has 3 heteroatoms. The lowest BCUT2D eigenvalue weighted by atomic mass is 9.95. The highest BCUT2D eigenvalue weighted by Gasteiger charge is 2.16. The molecule has 90 valence electrons. The Labute approximate surface area is 101 Å². The van der Waals surface area contributed by atoms with Gasteiger partial charge in [-0.05, 0) is 34.4 Å². The van der Waals surface area contributed by atoms with Gasteiger partial charge in [-0.2, -0.15) is 0 Å². The van der Waals surface area contributed by atoms with Crippen LogP contribution in [0.4, 0.5) is 0 Å². The summed E-state index contributed by atoms with van der Waals surface area (Å²) in [4.78, 5) is 0. The summed E-state index contributed by atoms with van der Waals surface area (Å²) in [5.74, 6) is -0.118.